The van der Waals surface area contributed by atoms with Gasteiger partial charge in [-0.25, -0.2) is 0 Å². The zero-order valence-electron chi connectivity index (χ0n) is 16.3. The van der Waals surface area contributed by atoms with Crippen LogP contribution in [0, 0.1) is 6.92 Å². The van der Waals surface area contributed by atoms with Crippen molar-refractivity contribution in [3.63, 3.8) is 0 Å². The second-order valence-electron chi connectivity index (χ2n) is 7.53. The van der Waals surface area contributed by atoms with Crippen LogP contribution in [0.4, 0.5) is 5.69 Å². The molecule has 0 bridgehead atoms. The van der Waals surface area contributed by atoms with Crippen LogP contribution in [0.5, 0.6) is 0 Å². The van der Waals surface area contributed by atoms with E-state index in [1.54, 1.807) is 0 Å². The maximum Gasteiger partial charge on any atom is 0.327 e. The van der Waals surface area contributed by atoms with Gasteiger partial charge in [0.25, 0.3) is 0 Å². The smallest absolute Gasteiger partial charge is 0.327 e. The van der Waals surface area contributed by atoms with Crippen LogP contribution < -0.4 is 4.90 Å². The normalized spacial score (nSPS) is 17.9. The van der Waals surface area contributed by atoms with Gasteiger partial charge in [-0.1, -0.05) is 31.5 Å². The molecule has 2 atom stereocenters. The number of aromatic nitrogens is 2. The van der Waals surface area contributed by atoms with E-state index in [1.165, 1.54) is 16.8 Å². The number of benzene rings is 2. The van der Waals surface area contributed by atoms with Gasteiger partial charge in [-0.3, -0.25) is 4.98 Å². The molecule has 2 aromatic carbocycles. The number of aromatic amines is 1. The number of unbranched alkanes of at least 4 members (excludes halogenated alkanes) is 1. The molecule has 2 unspecified atom stereocenters. The van der Waals surface area contributed by atoms with Gasteiger partial charge in [0, 0.05) is 12.6 Å². The van der Waals surface area contributed by atoms with E-state index in [0.29, 0.717) is 11.2 Å². The van der Waals surface area contributed by atoms with Crippen molar-refractivity contribution in [2.45, 2.75) is 62.5 Å². The van der Waals surface area contributed by atoms with Gasteiger partial charge >= 0.3 is 5.16 Å². The molecule has 4 rings (SSSR count). The SMILES string of the molecule is CCCCN1c2c(cccc2[S+]([O-])c2nc3ccc(C)cc3[nH]2)CCC1C. The zero-order chi connectivity index (χ0) is 19.0. The number of H-pyrrole nitrogens is 1. The van der Waals surface area contributed by atoms with Crippen molar-refractivity contribution < 1.29 is 4.55 Å². The van der Waals surface area contributed by atoms with E-state index in [4.69, 9.17) is 0 Å². The van der Waals surface area contributed by atoms with Crippen LogP contribution >= 0.6 is 0 Å². The first kappa shape index (κ1) is 18.4. The Morgan fingerprint density at radius 3 is 2.96 bits per heavy atom. The average Bonchev–Trinajstić information content (AvgIpc) is 3.09. The lowest BCUT2D eigenvalue weighted by Crippen LogP contribution is -2.39. The summed E-state index contributed by atoms with van der Waals surface area (Å²) >= 11 is -1.32. The highest BCUT2D eigenvalue weighted by Crippen LogP contribution is 2.38. The van der Waals surface area contributed by atoms with Crippen LogP contribution in [0.1, 0.15) is 44.2 Å². The molecule has 1 aromatic heterocycles. The number of hydrogen-bond acceptors (Lipinski definition) is 3. The van der Waals surface area contributed by atoms with Crippen molar-refractivity contribution in [1.82, 2.24) is 9.97 Å². The van der Waals surface area contributed by atoms with Crippen molar-refractivity contribution in [2.24, 2.45) is 0 Å². The number of nitrogens with one attached hydrogen (secondary N) is 1. The third-order valence-corrected chi connectivity index (χ3v) is 6.75. The molecule has 2 heterocycles. The molecule has 0 saturated heterocycles. The Hall–Kier alpha value is -1.98. The number of anilines is 1. The van der Waals surface area contributed by atoms with E-state index in [-0.39, 0.29) is 0 Å². The second kappa shape index (κ2) is 7.56. The number of nitrogens with zero attached hydrogens (tertiary/aromatic N) is 2. The molecule has 3 aromatic rings. The van der Waals surface area contributed by atoms with Crippen LogP contribution in [-0.4, -0.2) is 27.1 Å². The van der Waals surface area contributed by atoms with Gasteiger partial charge in [0.2, 0.25) is 0 Å². The first-order valence-electron chi connectivity index (χ1n) is 9.85. The average molecular weight is 382 g/mol. The van der Waals surface area contributed by atoms with Gasteiger partial charge in [-0.2, -0.15) is 4.98 Å². The van der Waals surface area contributed by atoms with Crippen LogP contribution in [0.3, 0.4) is 0 Å². The molecule has 0 amide bonds. The standard InChI is InChI=1S/C22H27N3OS/c1-4-5-13-25-16(3)10-11-17-7-6-8-20(21(17)25)27(26)22-23-18-12-9-15(2)14-19(18)24-22/h6-9,12,14,16H,4-5,10-11,13H2,1-3H3,(H,23,24). The molecule has 1 N–H and O–H groups in total. The number of fused-ring (bicyclic) bond motifs is 2. The molecule has 0 saturated carbocycles. The molecule has 27 heavy (non-hydrogen) atoms. The minimum Gasteiger partial charge on any atom is -0.604 e. The Kier molecular flexibility index (Phi) is 5.15. The first-order valence-corrected chi connectivity index (χ1v) is 11.0. The molecule has 5 heteroatoms. The zero-order valence-corrected chi connectivity index (χ0v) is 17.1. The van der Waals surface area contributed by atoms with E-state index in [9.17, 15) is 4.55 Å². The number of hydrogen-bond donors (Lipinski definition) is 1. The van der Waals surface area contributed by atoms with Crippen molar-refractivity contribution in [3.8, 4) is 0 Å². The third-order valence-electron chi connectivity index (χ3n) is 5.48. The van der Waals surface area contributed by atoms with Crippen molar-refractivity contribution in [2.75, 3.05) is 11.4 Å². The Balaban J connectivity index is 1.76. The summed E-state index contributed by atoms with van der Waals surface area (Å²) in [4.78, 5) is 11.2. The Bertz CT molecular complexity index is 952. The summed E-state index contributed by atoms with van der Waals surface area (Å²) in [7, 11) is 0. The molecule has 142 valence electrons. The number of aryl methyl sites for hydroxylation is 2. The Morgan fingerprint density at radius 2 is 2.15 bits per heavy atom. The third kappa shape index (κ3) is 3.46. The monoisotopic (exact) mass is 381 g/mol. The fourth-order valence-corrected chi connectivity index (χ4v) is 5.16. The van der Waals surface area contributed by atoms with Crippen LogP contribution in [0.15, 0.2) is 46.5 Å². The minimum absolute atomic E-state index is 0.473. The number of rotatable bonds is 5. The first-order chi connectivity index (χ1) is 13.1. The fourth-order valence-electron chi connectivity index (χ4n) is 3.94. The van der Waals surface area contributed by atoms with Gasteiger partial charge in [0.1, 0.15) is 0 Å². The van der Waals surface area contributed by atoms with Crippen LogP contribution in [-0.2, 0) is 17.6 Å². The van der Waals surface area contributed by atoms with Crippen LogP contribution in [0.2, 0.25) is 0 Å². The quantitative estimate of drug-likeness (QED) is 0.634. The number of para-hydroxylation sites is 1. The molecule has 0 radical (unpaired) electrons. The Labute approximate surface area is 164 Å². The minimum atomic E-state index is -1.32. The molecule has 0 fully saturated rings. The fraction of sp³-hybridized carbons (Fsp3) is 0.409. The van der Waals surface area contributed by atoms with Gasteiger partial charge < -0.3 is 9.45 Å². The van der Waals surface area contributed by atoms with Gasteiger partial charge in [0.15, 0.2) is 4.90 Å². The molecule has 1 aliphatic heterocycles. The molecular weight excluding hydrogens is 354 g/mol. The van der Waals surface area contributed by atoms with Gasteiger partial charge in [0.05, 0.1) is 27.9 Å². The molecule has 1 aliphatic rings. The van der Waals surface area contributed by atoms with E-state index in [2.05, 4.69) is 47.8 Å². The molecule has 0 aliphatic carbocycles. The summed E-state index contributed by atoms with van der Waals surface area (Å²) < 4.78 is 13.5. The second-order valence-corrected chi connectivity index (χ2v) is 8.89. The van der Waals surface area contributed by atoms with E-state index in [0.717, 1.165) is 48.2 Å². The summed E-state index contributed by atoms with van der Waals surface area (Å²) in [5, 5.41) is 0.540. The van der Waals surface area contributed by atoms with Crippen molar-refractivity contribution >= 4 is 27.9 Å². The highest BCUT2D eigenvalue weighted by molar-refractivity contribution is 7.91. The van der Waals surface area contributed by atoms with Gasteiger partial charge in [-0.15, -0.1) is 0 Å². The van der Waals surface area contributed by atoms with Crippen LogP contribution in [0.25, 0.3) is 11.0 Å². The summed E-state index contributed by atoms with van der Waals surface area (Å²) in [5.74, 6) is 0. The maximum absolute atomic E-state index is 13.5. The summed E-state index contributed by atoms with van der Waals surface area (Å²) in [6.45, 7) is 7.56. The molecule has 0 spiro atoms. The summed E-state index contributed by atoms with van der Waals surface area (Å²) in [6, 6.07) is 12.8. The lowest BCUT2D eigenvalue weighted by molar-refractivity contribution is 0.541. The summed E-state index contributed by atoms with van der Waals surface area (Å²) in [5.41, 5.74) is 5.45. The van der Waals surface area contributed by atoms with E-state index in [1.807, 2.05) is 24.3 Å². The van der Waals surface area contributed by atoms with Gasteiger partial charge in [-0.05, 0) is 62.4 Å². The summed E-state index contributed by atoms with van der Waals surface area (Å²) in [6.07, 6.45) is 4.50. The van der Waals surface area contributed by atoms with E-state index >= 15 is 0 Å². The Morgan fingerprint density at radius 1 is 1.30 bits per heavy atom. The molecular formula is C22H27N3OS. The predicted octanol–water partition coefficient (Wildman–Crippen LogP) is 4.98. The predicted molar refractivity (Wildman–Crippen MR) is 112 cm³/mol. The van der Waals surface area contributed by atoms with E-state index < -0.39 is 11.2 Å². The largest absolute Gasteiger partial charge is 0.604 e. The molecule has 4 nitrogen and oxygen atoms in total. The lowest BCUT2D eigenvalue weighted by atomic mass is 9.96. The lowest BCUT2D eigenvalue weighted by Gasteiger charge is -2.37. The number of imidazole rings is 1. The highest BCUT2D eigenvalue weighted by Gasteiger charge is 2.32. The van der Waals surface area contributed by atoms with Crippen molar-refractivity contribution in [3.05, 3.63) is 47.5 Å². The highest BCUT2D eigenvalue weighted by atomic mass is 32.2. The van der Waals surface area contributed by atoms with Crippen molar-refractivity contribution in [1.29, 1.82) is 0 Å². The topological polar surface area (TPSA) is 55.0 Å². The maximum atomic E-state index is 13.5.